The van der Waals surface area contributed by atoms with Gasteiger partial charge in [-0.3, -0.25) is 0 Å². The van der Waals surface area contributed by atoms with Gasteiger partial charge in [0, 0.05) is 8.04 Å². The normalized spacial score (nSPS) is 12.7. The molecule has 1 atom stereocenters. The second-order valence-electron chi connectivity index (χ2n) is 4.74. The van der Waals surface area contributed by atoms with Crippen LogP contribution in [0.15, 0.2) is 22.7 Å². The van der Waals surface area contributed by atoms with Gasteiger partial charge in [-0.05, 0) is 52.8 Å². The van der Waals surface area contributed by atoms with Gasteiger partial charge in [0.15, 0.2) is 0 Å². The van der Waals surface area contributed by atoms with Gasteiger partial charge in [-0.15, -0.1) is 0 Å². The van der Waals surface area contributed by atoms with Gasteiger partial charge in [-0.25, -0.2) is 0 Å². The molecule has 0 aliphatic rings. The Morgan fingerprint density at radius 2 is 1.83 bits per heavy atom. The van der Waals surface area contributed by atoms with E-state index in [1.807, 2.05) is 18.2 Å². The maximum absolute atomic E-state index is 10.2. The van der Waals surface area contributed by atoms with E-state index < -0.39 is 0 Å². The van der Waals surface area contributed by atoms with Gasteiger partial charge in [0.1, 0.15) is 0 Å². The van der Waals surface area contributed by atoms with E-state index in [1.54, 1.807) is 0 Å². The number of aliphatic hydroxyl groups is 1. The van der Waals surface area contributed by atoms with Crippen LogP contribution in [0.4, 0.5) is 0 Å². The Labute approximate surface area is 133 Å². The molecule has 0 aromatic heterocycles. The lowest BCUT2D eigenvalue weighted by Crippen LogP contribution is -2.00. The summed E-state index contributed by atoms with van der Waals surface area (Å²) >= 11 is 5.75. The molecule has 0 bridgehead atoms. The number of unbranched alkanes of at least 4 members (excludes halogenated alkanes) is 5. The first-order valence-corrected chi connectivity index (χ1v) is 8.65. The highest BCUT2D eigenvalue weighted by molar-refractivity contribution is 14.1. The van der Waals surface area contributed by atoms with E-state index in [-0.39, 0.29) is 6.10 Å². The number of rotatable bonds is 8. The molecule has 0 saturated heterocycles. The SMILES string of the molecule is CCCCCCCCC(O)c1cc(Br)ccc1I. The van der Waals surface area contributed by atoms with Crippen LogP contribution in [-0.4, -0.2) is 5.11 Å². The van der Waals surface area contributed by atoms with E-state index in [2.05, 4.69) is 45.4 Å². The van der Waals surface area contributed by atoms with Gasteiger partial charge in [0.25, 0.3) is 0 Å². The summed E-state index contributed by atoms with van der Waals surface area (Å²) in [5.74, 6) is 0. The molecule has 1 nitrogen and oxygen atoms in total. The molecule has 0 fully saturated rings. The third kappa shape index (κ3) is 6.02. The van der Waals surface area contributed by atoms with Crippen LogP contribution in [0.1, 0.15) is 63.5 Å². The van der Waals surface area contributed by atoms with Crippen LogP contribution in [-0.2, 0) is 0 Å². The first-order valence-electron chi connectivity index (χ1n) is 6.78. The summed E-state index contributed by atoms with van der Waals surface area (Å²) in [5.41, 5.74) is 1.05. The average molecular weight is 425 g/mol. The van der Waals surface area contributed by atoms with Crippen molar-refractivity contribution < 1.29 is 5.11 Å². The molecule has 0 amide bonds. The van der Waals surface area contributed by atoms with Crippen LogP contribution in [0.3, 0.4) is 0 Å². The summed E-state index contributed by atoms with van der Waals surface area (Å²) in [6.45, 7) is 2.24. The molecule has 0 aliphatic carbocycles. The number of hydrogen-bond donors (Lipinski definition) is 1. The first kappa shape index (κ1) is 16.4. The fraction of sp³-hybridized carbons (Fsp3) is 0.600. The van der Waals surface area contributed by atoms with E-state index in [1.165, 1.54) is 32.1 Å². The minimum atomic E-state index is -0.319. The second kappa shape index (κ2) is 9.32. The second-order valence-corrected chi connectivity index (χ2v) is 6.82. The van der Waals surface area contributed by atoms with Crippen molar-refractivity contribution in [1.82, 2.24) is 0 Å². The summed E-state index contributed by atoms with van der Waals surface area (Å²) in [5, 5.41) is 10.2. The molecule has 1 rings (SSSR count). The van der Waals surface area contributed by atoms with Crippen LogP contribution >= 0.6 is 38.5 Å². The number of aliphatic hydroxyl groups excluding tert-OH is 1. The molecule has 1 aromatic rings. The Balaban J connectivity index is 2.31. The maximum Gasteiger partial charge on any atom is 0.0800 e. The zero-order valence-electron chi connectivity index (χ0n) is 11.0. The van der Waals surface area contributed by atoms with Gasteiger partial charge in [-0.2, -0.15) is 0 Å². The molecule has 0 heterocycles. The van der Waals surface area contributed by atoms with Gasteiger partial charge in [0.05, 0.1) is 6.10 Å². The third-order valence-electron chi connectivity index (χ3n) is 3.15. The highest BCUT2D eigenvalue weighted by atomic mass is 127. The largest absolute Gasteiger partial charge is 0.388 e. The quantitative estimate of drug-likeness (QED) is 0.410. The van der Waals surface area contributed by atoms with Gasteiger partial charge in [0.2, 0.25) is 0 Å². The molecule has 1 aromatic carbocycles. The molecule has 0 spiro atoms. The summed E-state index contributed by atoms with van der Waals surface area (Å²) in [7, 11) is 0. The molecule has 1 unspecified atom stereocenters. The lowest BCUT2D eigenvalue weighted by molar-refractivity contribution is 0.162. The van der Waals surface area contributed by atoms with E-state index in [0.717, 1.165) is 26.4 Å². The minimum absolute atomic E-state index is 0.319. The number of hydrogen-bond acceptors (Lipinski definition) is 1. The van der Waals surface area contributed by atoms with Crippen molar-refractivity contribution >= 4 is 38.5 Å². The van der Waals surface area contributed by atoms with Crippen molar-refractivity contribution in [2.24, 2.45) is 0 Å². The van der Waals surface area contributed by atoms with Crippen LogP contribution in [0.5, 0.6) is 0 Å². The van der Waals surface area contributed by atoms with Crippen molar-refractivity contribution in [3.05, 3.63) is 31.8 Å². The molecule has 18 heavy (non-hydrogen) atoms. The predicted octanol–water partition coefficient (Wildman–Crippen LogP) is 5.84. The van der Waals surface area contributed by atoms with Crippen molar-refractivity contribution in [1.29, 1.82) is 0 Å². The summed E-state index contributed by atoms with van der Waals surface area (Å²) < 4.78 is 2.19. The molecular formula is C15H22BrIO. The summed E-state index contributed by atoms with van der Waals surface area (Å²) in [6.07, 6.45) is 8.18. The summed E-state index contributed by atoms with van der Waals surface area (Å²) in [6, 6.07) is 6.09. The van der Waals surface area contributed by atoms with Crippen molar-refractivity contribution in [2.45, 2.75) is 58.0 Å². The Bertz CT molecular complexity index is 354. The molecular weight excluding hydrogens is 403 g/mol. The Hall–Kier alpha value is 0.390. The molecule has 0 radical (unpaired) electrons. The van der Waals surface area contributed by atoms with Crippen LogP contribution in [0.25, 0.3) is 0 Å². The van der Waals surface area contributed by atoms with E-state index >= 15 is 0 Å². The molecule has 3 heteroatoms. The fourth-order valence-electron chi connectivity index (χ4n) is 2.04. The van der Waals surface area contributed by atoms with Gasteiger partial charge in [-0.1, -0.05) is 61.4 Å². The first-order chi connectivity index (χ1) is 8.65. The maximum atomic E-state index is 10.2. The van der Waals surface area contributed by atoms with Crippen LogP contribution in [0.2, 0.25) is 0 Å². The molecule has 102 valence electrons. The van der Waals surface area contributed by atoms with Gasteiger partial charge >= 0.3 is 0 Å². The number of benzene rings is 1. The topological polar surface area (TPSA) is 20.2 Å². The van der Waals surface area contributed by atoms with Crippen LogP contribution < -0.4 is 0 Å². The number of halogens is 2. The fourth-order valence-corrected chi connectivity index (χ4v) is 3.12. The van der Waals surface area contributed by atoms with Crippen molar-refractivity contribution in [2.75, 3.05) is 0 Å². The Morgan fingerprint density at radius 3 is 2.56 bits per heavy atom. The predicted molar refractivity (Wildman–Crippen MR) is 89.8 cm³/mol. The Morgan fingerprint density at radius 1 is 1.17 bits per heavy atom. The Kier molecular flexibility index (Phi) is 8.51. The van der Waals surface area contributed by atoms with E-state index in [0.29, 0.717) is 0 Å². The highest BCUT2D eigenvalue weighted by Crippen LogP contribution is 2.27. The van der Waals surface area contributed by atoms with Crippen LogP contribution in [0, 0.1) is 3.57 Å². The van der Waals surface area contributed by atoms with Crippen molar-refractivity contribution in [3.63, 3.8) is 0 Å². The monoisotopic (exact) mass is 424 g/mol. The minimum Gasteiger partial charge on any atom is -0.388 e. The van der Waals surface area contributed by atoms with E-state index in [9.17, 15) is 5.11 Å². The average Bonchev–Trinajstić information content (AvgIpc) is 2.36. The van der Waals surface area contributed by atoms with Crippen molar-refractivity contribution in [3.8, 4) is 0 Å². The molecule has 0 aliphatic heterocycles. The standard InChI is InChI=1S/C15H22BrIO/c1-2-3-4-5-6-7-8-15(18)13-11-12(16)9-10-14(13)17/h9-11,15,18H,2-8H2,1H3. The zero-order chi connectivity index (χ0) is 13.4. The van der Waals surface area contributed by atoms with E-state index in [4.69, 9.17) is 0 Å². The lowest BCUT2D eigenvalue weighted by Gasteiger charge is -2.13. The zero-order valence-corrected chi connectivity index (χ0v) is 14.7. The third-order valence-corrected chi connectivity index (χ3v) is 4.62. The highest BCUT2D eigenvalue weighted by Gasteiger charge is 2.11. The lowest BCUT2D eigenvalue weighted by atomic mass is 10.0. The smallest absolute Gasteiger partial charge is 0.0800 e. The summed E-state index contributed by atoms with van der Waals surface area (Å²) in [4.78, 5) is 0. The molecule has 0 saturated carbocycles. The molecule has 1 N–H and O–H groups in total. The van der Waals surface area contributed by atoms with Gasteiger partial charge < -0.3 is 5.11 Å².